The number of rotatable bonds is 7. The van der Waals surface area contributed by atoms with Crippen molar-refractivity contribution < 1.29 is 24.9 Å². The molecule has 0 fully saturated rings. The molecule has 0 spiro atoms. The number of carbonyl (C=O) groups is 1. The highest BCUT2D eigenvalue weighted by atomic mass is 16.6. The number of carbonyl (C=O) groups excluding carboxylic acids is 1. The third-order valence-corrected chi connectivity index (χ3v) is 4.59. The summed E-state index contributed by atoms with van der Waals surface area (Å²) in [5.74, 6) is -1.81. The Bertz CT molecular complexity index is 1160. The van der Waals surface area contributed by atoms with Gasteiger partial charge in [0.25, 0.3) is 11.6 Å². The first-order valence-corrected chi connectivity index (χ1v) is 9.08. The lowest BCUT2D eigenvalue weighted by atomic mass is 9.85. The molecule has 3 rings (SSSR count). The molecule has 11 heteroatoms. The number of nitro benzene ring substituents is 2. The first-order valence-electron chi connectivity index (χ1n) is 9.08. The van der Waals surface area contributed by atoms with Crippen LogP contribution in [0.5, 0.6) is 5.75 Å². The summed E-state index contributed by atoms with van der Waals surface area (Å²) >= 11 is 0. The fourth-order valence-electron chi connectivity index (χ4n) is 3.00. The third kappa shape index (κ3) is 4.27. The number of phenolic OH excluding ortho intramolecular Hbond substituents is 1. The van der Waals surface area contributed by atoms with Gasteiger partial charge in [0.15, 0.2) is 5.60 Å². The van der Waals surface area contributed by atoms with Gasteiger partial charge in [-0.25, -0.2) is 5.43 Å². The Morgan fingerprint density at radius 3 is 1.94 bits per heavy atom. The SMILES string of the molecule is O=C(N/N=C\c1cc([N+](=O)[O-])cc([N+](=O)[O-])c1O)C(O)(c1ccccc1)c1ccccc1. The molecular weight excluding hydrogens is 420 g/mol. The maximum absolute atomic E-state index is 12.9. The lowest BCUT2D eigenvalue weighted by Crippen LogP contribution is -2.43. The minimum atomic E-state index is -2.13. The van der Waals surface area contributed by atoms with Gasteiger partial charge in [-0.1, -0.05) is 60.7 Å². The number of hydrazone groups is 1. The number of hydrogen-bond acceptors (Lipinski definition) is 8. The van der Waals surface area contributed by atoms with E-state index in [0.717, 1.165) is 12.3 Å². The summed E-state index contributed by atoms with van der Waals surface area (Å²) in [7, 11) is 0. The van der Waals surface area contributed by atoms with E-state index < -0.39 is 38.5 Å². The zero-order valence-electron chi connectivity index (χ0n) is 16.3. The number of non-ortho nitro benzene ring substituents is 1. The number of amides is 1. The summed E-state index contributed by atoms with van der Waals surface area (Å²) in [5, 5.41) is 47.0. The van der Waals surface area contributed by atoms with Crippen LogP contribution >= 0.6 is 0 Å². The van der Waals surface area contributed by atoms with Crippen molar-refractivity contribution in [3.05, 3.63) is 110 Å². The molecule has 0 unspecified atom stereocenters. The highest BCUT2D eigenvalue weighted by Crippen LogP contribution is 2.33. The topological polar surface area (TPSA) is 168 Å². The lowest BCUT2D eigenvalue weighted by molar-refractivity contribution is -0.394. The Balaban J connectivity index is 1.96. The van der Waals surface area contributed by atoms with Crippen LogP contribution in [0.25, 0.3) is 0 Å². The van der Waals surface area contributed by atoms with Gasteiger partial charge in [0.05, 0.1) is 27.7 Å². The minimum Gasteiger partial charge on any atom is -0.502 e. The van der Waals surface area contributed by atoms with Crippen molar-refractivity contribution in [2.24, 2.45) is 5.10 Å². The van der Waals surface area contributed by atoms with E-state index in [1.165, 1.54) is 0 Å². The van der Waals surface area contributed by atoms with E-state index in [2.05, 4.69) is 10.5 Å². The van der Waals surface area contributed by atoms with Crippen LogP contribution in [0.4, 0.5) is 11.4 Å². The Morgan fingerprint density at radius 2 is 1.47 bits per heavy atom. The van der Waals surface area contributed by atoms with Gasteiger partial charge in [0.1, 0.15) is 0 Å². The molecule has 0 aliphatic heterocycles. The van der Waals surface area contributed by atoms with E-state index in [9.17, 15) is 35.2 Å². The second-order valence-electron chi connectivity index (χ2n) is 6.56. The Hall–Kier alpha value is -4.64. The monoisotopic (exact) mass is 436 g/mol. The molecule has 0 saturated carbocycles. The summed E-state index contributed by atoms with van der Waals surface area (Å²) < 4.78 is 0. The molecule has 0 heterocycles. The van der Waals surface area contributed by atoms with Crippen LogP contribution in [-0.2, 0) is 10.4 Å². The summed E-state index contributed by atoms with van der Waals surface area (Å²) in [5.41, 5.74) is -1.40. The predicted octanol–water partition coefficient (Wildman–Crippen LogP) is 2.59. The van der Waals surface area contributed by atoms with E-state index in [1.54, 1.807) is 60.7 Å². The van der Waals surface area contributed by atoms with E-state index in [4.69, 9.17) is 0 Å². The fourth-order valence-corrected chi connectivity index (χ4v) is 3.00. The molecule has 0 saturated heterocycles. The second kappa shape index (κ2) is 9.02. The molecule has 0 bridgehead atoms. The molecule has 32 heavy (non-hydrogen) atoms. The van der Waals surface area contributed by atoms with E-state index in [1.807, 2.05) is 0 Å². The number of nitrogens with zero attached hydrogens (tertiary/aromatic N) is 3. The van der Waals surface area contributed by atoms with Gasteiger partial charge in [-0.2, -0.15) is 5.10 Å². The first-order chi connectivity index (χ1) is 15.2. The van der Waals surface area contributed by atoms with Crippen LogP contribution in [0.2, 0.25) is 0 Å². The van der Waals surface area contributed by atoms with Crippen molar-refractivity contribution in [3.8, 4) is 5.75 Å². The molecule has 3 aromatic carbocycles. The summed E-state index contributed by atoms with van der Waals surface area (Å²) in [6.45, 7) is 0. The number of aliphatic hydroxyl groups is 1. The van der Waals surface area contributed by atoms with Crippen LogP contribution < -0.4 is 5.43 Å². The van der Waals surface area contributed by atoms with Crippen molar-refractivity contribution in [1.29, 1.82) is 0 Å². The Morgan fingerprint density at radius 1 is 0.938 bits per heavy atom. The third-order valence-electron chi connectivity index (χ3n) is 4.59. The second-order valence-corrected chi connectivity index (χ2v) is 6.56. The Kier molecular flexibility index (Phi) is 6.21. The number of nitro groups is 2. The standard InChI is InChI=1S/C21H16N4O7/c26-19-14(11-17(24(29)30)12-18(19)25(31)32)13-22-23-20(27)21(28,15-7-3-1-4-8-15)16-9-5-2-6-10-16/h1-13,26,28H,(H,23,27)/b22-13-. The number of hydrogen-bond donors (Lipinski definition) is 3. The number of aromatic hydroxyl groups is 1. The van der Waals surface area contributed by atoms with Crippen LogP contribution in [-0.4, -0.2) is 32.2 Å². The number of nitrogens with one attached hydrogen (secondary N) is 1. The van der Waals surface area contributed by atoms with Crippen LogP contribution in [0, 0.1) is 20.2 Å². The smallest absolute Gasteiger partial charge is 0.318 e. The molecule has 3 aromatic rings. The average molecular weight is 436 g/mol. The molecule has 0 aromatic heterocycles. The molecule has 0 aliphatic carbocycles. The van der Waals surface area contributed by atoms with Crippen molar-refractivity contribution in [2.75, 3.05) is 0 Å². The van der Waals surface area contributed by atoms with Gasteiger partial charge >= 0.3 is 5.69 Å². The number of phenols is 1. The highest BCUT2D eigenvalue weighted by molar-refractivity contribution is 5.92. The van der Waals surface area contributed by atoms with Gasteiger partial charge < -0.3 is 10.2 Å². The minimum absolute atomic E-state index is 0.257. The molecule has 11 nitrogen and oxygen atoms in total. The van der Waals surface area contributed by atoms with E-state index >= 15 is 0 Å². The Labute approximate surface area is 180 Å². The van der Waals surface area contributed by atoms with E-state index in [-0.39, 0.29) is 16.7 Å². The summed E-state index contributed by atoms with van der Waals surface area (Å²) in [6.07, 6.45) is 0.809. The van der Waals surface area contributed by atoms with Gasteiger partial charge in [-0.05, 0) is 11.1 Å². The fraction of sp³-hybridized carbons (Fsp3) is 0.0476. The van der Waals surface area contributed by atoms with E-state index in [0.29, 0.717) is 6.07 Å². The van der Waals surface area contributed by atoms with Crippen molar-refractivity contribution in [2.45, 2.75) is 5.60 Å². The molecule has 162 valence electrons. The van der Waals surface area contributed by atoms with Crippen molar-refractivity contribution in [1.82, 2.24) is 5.43 Å². The van der Waals surface area contributed by atoms with Crippen molar-refractivity contribution in [3.63, 3.8) is 0 Å². The summed E-state index contributed by atoms with van der Waals surface area (Å²) in [6, 6.07) is 17.6. The average Bonchev–Trinajstić information content (AvgIpc) is 2.80. The van der Waals surface area contributed by atoms with Gasteiger partial charge in [0.2, 0.25) is 5.75 Å². The van der Waals surface area contributed by atoms with Gasteiger partial charge in [-0.3, -0.25) is 25.0 Å². The zero-order chi connectivity index (χ0) is 23.3. The normalized spacial score (nSPS) is 11.3. The zero-order valence-corrected chi connectivity index (χ0v) is 16.3. The molecule has 0 atom stereocenters. The quantitative estimate of drug-likeness (QED) is 0.290. The lowest BCUT2D eigenvalue weighted by Gasteiger charge is -2.27. The molecule has 1 amide bonds. The van der Waals surface area contributed by atoms with Gasteiger partial charge in [-0.15, -0.1) is 0 Å². The molecular formula is C21H16N4O7. The van der Waals surface area contributed by atoms with Crippen LogP contribution in [0.1, 0.15) is 16.7 Å². The number of benzene rings is 3. The molecule has 0 radical (unpaired) electrons. The first kappa shape index (κ1) is 22.1. The predicted molar refractivity (Wildman–Crippen MR) is 113 cm³/mol. The maximum atomic E-state index is 12.9. The van der Waals surface area contributed by atoms with Crippen molar-refractivity contribution >= 4 is 23.5 Å². The maximum Gasteiger partial charge on any atom is 0.318 e. The summed E-state index contributed by atoms with van der Waals surface area (Å²) in [4.78, 5) is 33.2. The highest BCUT2D eigenvalue weighted by Gasteiger charge is 2.39. The van der Waals surface area contributed by atoms with Crippen LogP contribution in [0.3, 0.4) is 0 Å². The molecule has 3 N–H and O–H groups in total. The van der Waals surface area contributed by atoms with Gasteiger partial charge in [0, 0.05) is 6.07 Å². The largest absolute Gasteiger partial charge is 0.502 e. The molecule has 0 aliphatic rings. The van der Waals surface area contributed by atoms with Crippen LogP contribution in [0.15, 0.2) is 77.9 Å².